The van der Waals surface area contributed by atoms with Crippen LogP contribution >= 0.6 is 0 Å². The number of aromatic nitrogens is 3. The smallest absolute Gasteiger partial charge is 0.335 e. The van der Waals surface area contributed by atoms with Crippen molar-refractivity contribution in [2.75, 3.05) is 0 Å². The molecule has 0 radical (unpaired) electrons. The van der Waals surface area contributed by atoms with Gasteiger partial charge in [0.1, 0.15) is 0 Å². The zero-order chi connectivity index (χ0) is 18.8. The molecule has 4 N–H and O–H groups in total. The number of carboxylic acid groups (broad SMARTS) is 3. The number of aromatic carboxylic acids is 3. The standard InChI is InChI=1S/C17H11N3O6/c21-15(22)9-3-1-8(2-4-9)13-18-14(20-19-13)10-5-11(16(23)24)7-12(6-10)17(25)26/h1-7H,(H,21,22)(H,23,24)(H,25,26)(H,18,19,20). The molecule has 1 aromatic heterocycles. The van der Waals surface area contributed by atoms with Gasteiger partial charge in [-0.3, -0.25) is 5.10 Å². The van der Waals surface area contributed by atoms with Crippen LogP contribution in [0.4, 0.5) is 0 Å². The van der Waals surface area contributed by atoms with E-state index < -0.39 is 17.9 Å². The topological polar surface area (TPSA) is 153 Å². The van der Waals surface area contributed by atoms with Gasteiger partial charge in [0.05, 0.1) is 16.7 Å². The second kappa shape index (κ2) is 6.48. The largest absolute Gasteiger partial charge is 0.478 e. The summed E-state index contributed by atoms with van der Waals surface area (Å²) in [5.41, 5.74) is 0.524. The normalized spacial score (nSPS) is 10.5. The minimum atomic E-state index is -1.27. The number of benzene rings is 2. The fourth-order valence-corrected chi connectivity index (χ4v) is 2.29. The quantitative estimate of drug-likeness (QED) is 0.544. The van der Waals surface area contributed by atoms with Gasteiger partial charge in [-0.25, -0.2) is 19.4 Å². The molecule has 2 aromatic carbocycles. The predicted octanol–water partition coefficient (Wildman–Crippen LogP) is 2.23. The summed E-state index contributed by atoms with van der Waals surface area (Å²) in [6.07, 6.45) is 0. The number of nitrogens with zero attached hydrogens (tertiary/aromatic N) is 2. The molecule has 9 nitrogen and oxygen atoms in total. The highest BCUT2D eigenvalue weighted by molar-refractivity contribution is 5.95. The maximum absolute atomic E-state index is 11.2. The number of carboxylic acids is 3. The summed E-state index contributed by atoms with van der Waals surface area (Å²) >= 11 is 0. The molecule has 0 saturated heterocycles. The number of hydrogen-bond donors (Lipinski definition) is 4. The van der Waals surface area contributed by atoms with Crippen LogP contribution in [-0.2, 0) is 0 Å². The second-order valence-electron chi connectivity index (χ2n) is 5.30. The summed E-state index contributed by atoms with van der Waals surface area (Å²) in [6, 6.07) is 9.51. The van der Waals surface area contributed by atoms with Crippen molar-refractivity contribution in [1.82, 2.24) is 15.2 Å². The molecule has 0 atom stereocenters. The molecule has 1 heterocycles. The van der Waals surface area contributed by atoms with E-state index in [1.54, 1.807) is 12.1 Å². The van der Waals surface area contributed by atoms with E-state index in [4.69, 9.17) is 15.3 Å². The average Bonchev–Trinajstić information content (AvgIpc) is 3.11. The highest BCUT2D eigenvalue weighted by Gasteiger charge is 2.15. The highest BCUT2D eigenvalue weighted by Crippen LogP contribution is 2.23. The number of nitrogens with one attached hydrogen (secondary N) is 1. The van der Waals surface area contributed by atoms with Crippen LogP contribution in [0.3, 0.4) is 0 Å². The third-order valence-electron chi connectivity index (χ3n) is 3.58. The van der Waals surface area contributed by atoms with Crippen LogP contribution in [0, 0.1) is 0 Å². The van der Waals surface area contributed by atoms with Gasteiger partial charge in [-0.05, 0) is 30.3 Å². The minimum absolute atomic E-state index is 0.118. The lowest BCUT2D eigenvalue weighted by molar-refractivity contribution is 0.0682. The Morgan fingerprint density at radius 2 is 1.27 bits per heavy atom. The van der Waals surface area contributed by atoms with Gasteiger partial charge in [-0.2, -0.15) is 5.10 Å². The van der Waals surface area contributed by atoms with E-state index in [9.17, 15) is 14.4 Å². The summed E-state index contributed by atoms with van der Waals surface area (Å²) < 4.78 is 0. The summed E-state index contributed by atoms with van der Waals surface area (Å²) in [5.74, 6) is -3.15. The van der Waals surface area contributed by atoms with E-state index in [1.165, 1.54) is 24.3 Å². The first-order valence-electron chi connectivity index (χ1n) is 7.23. The second-order valence-corrected chi connectivity index (χ2v) is 5.30. The van der Waals surface area contributed by atoms with Crippen molar-refractivity contribution in [3.8, 4) is 22.8 Å². The first-order valence-corrected chi connectivity index (χ1v) is 7.23. The fraction of sp³-hybridized carbons (Fsp3) is 0. The molecule has 0 spiro atoms. The third-order valence-corrected chi connectivity index (χ3v) is 3.58. The van der Waals surface area contributed by atoms with Crippen molar-refractivity contribution >= 4 is 17.9 Å². The Kier molecular flexibility index (Phi) is 4.19. The minimum Gasteiger partial charge on any atom is -0.478 e. The van der Waals surface area contributed by atoms with Gasteiger partial charge < -0.3 is 15.3 Å². The van der Waals surface area contributed by atoms with Crippen molar-refractivity contribution in [2.24, 2.45) is 0 Å². The lowest BCUT2D eigenvalue weighted by Gasteiger charge is -2.02. The van der Waals surface area contributed by atoms with Gasteiger partial charge in [0, 0.05) is 11.1 Å². The van der Waals surface area contributed by atoms with Crippen molar-refractivity contribution in [3.63, 3.8) is 0 Å². The predicted molar refractivity (Wildman–Crippen MR) is 88.1 cm³/mol. The lowest BCUT2D eigenvalue weighted by atomic mass is 10.1. The van der Waals surface area contributed by atoms with E-state index in [-0.39, 0.29) is 28.1 Å². The van der Waals surface area contributed by atoms with Crippen LogP contribution in [0.5, 0.6) is 0 Å². The van der Waals surface area contributed by atoms with Gasteiger partial charge in [0.25, 0.3) is 0 Å². The van der Waals surface area contributed by atoms with E-state index in [1.807, 2.05) is 0 Å². The first kappa shape index (κ1) is 16.8. The summed E-state index contributed by atoms with van der Waals surface area (Å²) in [4.78, 5) is 37.5. The van der Waals surface area contributed by atoms with Crippen molar-refractivity contribution in [3.05, 3.63) is 59.2 Å². The van der Waals surface area contributed by atoms with Gasteiger partial charge in [0.15, 0.2) is 11.6 Å². The Morgan fingerprint density at radius 1 is 0.731 bits per heavy atom. The van der Waals surface area contributed by atoms with Crippen LogP contribution in [0.15, 0.2) is 42.5 Å². The molecule has 3 aromatic rings. The molecule has 0 aliphatic rings. The van der Waals surface area contributed by atoms with Crippen LogP contribution < -0.4 is 0 Å². The van der Waals surface area contributed by atoms with Gasteiger partial charge in [0.2, 0.25) is 0 Å². The number of H-pyrrole nitrogens is 1. The molecule has 130 valence electrons. The Labute approximate surface area is 145 Å². The van der Waals surface area contributed by atoms with E-state index in [0.717, 1.165) is 6.07 Å². The molecular formula is C17H11N3O6. The number of hydrogen-bond acceptors (Lipinski definition) is 5. The van der Waals surface area contributed by atoms with Crippen LogP contribution in [-0.4, -0.2) is 48.4 Å². The first-order chi connectivity index (χ1) is 12.3. The van der Waals surface area contributed by atoms with Crippen molar-refractivity contribution < 1.29 is 29.7 Å². The Bertz CT molecular complexity index is 991. The van der Waals surface area contributed by atoms with Crippen molar-refractivity contribution in [2.45, 2.75) is 0 Å². The fourth-order valence-electron chi connectivity index (χ4n) is 2.29. The average molecular weight is 353 g/mol. The molecule has 0 unspecified atom stereocenters. The Hall–Kier alpha value is -4.01. The molecule has 3 rings (SSSR count). The highest BCUT2D eigenvalue weighted by atomic mass is 16.4. The molecular weight excluding hydrogens is 342 g/mol. The number of rotatable bonds is 5. The molecule has 9 heteroatoms. The van der Waals surface area contributed by atoms with Crippen molar-refractivity contribution in [1.29, 1.82) is 0 Å². The van der Waals surface area contributed by atoms with Crippen LogP contribution in [0.1, 0.15) is 31.1 Å². The summed E-state index contributed by atoms with van der Waals surface area (Å²) in [6.45, 7) is 0. The molecule has 26 heavy (non-hydrogen) atoms. The maximum atomic E-state index is 11.2. The zero-order valence-corrected chi connectivity index (χ0v) is 13.0. The summed E-state index contributed by atoms with van der Waals surface area (Å²) in [7, 11) is 0. The Balaban J connectivity index is 2.00. The molecule has 0 bridgehead atoms. The monoisotopic (exact) mass is 353 g/mol. The molecule has 0 amide bonds. The molecule has 0 saturated carbocycles. The summed E-state index contributed by atoms with van der Waals surface area (Å²) in [5, 5.41) is 33.8. The van der Waals surface area contributed by atoms with E-state index in [2.05, 4.69) is 15.2 Å². The molecule has 0 fully saturated rings. The lowest BCUT2D eigenvalue weighted by Crippen LogP contribution is -2.03. The Morgan fingerprint density at radius 3 is 1.77 bits per heavy atom. The van der Waals surface area contributed by atoms with E-state index >= 15 is 0 Å². The number of carbonyl (C=O) groups is 3. The van der Waals surface area contributed by atoms with Gasteiger partial charge in [-0.15, -0.1) is 0 Å². The van der Waals surface area contributed by atoms with Crippen LogP contribution in [0.25, 0.3) is 22.8 Å². The van der Waals surface area contributed by atoms with Gasteiger partial charge >= 0.3 is 17.9 Å². The van der Waals surface area contributed by atoms with Crippen LogP contribution in [0.2, 0.25) is 0 Å². The molecule has 0 aliphatic carbocycles. The van der Waals surface area contributed by atoms with Gasteiger partial charge in [-0.1, -0.05) is 12.1 Å². The SMILES string of the molecule is O=C(O)c1ccc(-c2nc(-c3cc(C(=O)O)cc(C(=O)O)c3)n[nH]2)cc1. The maximum Gasteiger partial charge on any atom is 0.335 e. The zero-order valence-electron chi connectivity index (χ0n) is 13.0. The van der Waals surface area contributed by atoms with E-state index in [0.29, 0.717) is 11.4 Å². The number of aromatic amines is 1. The molecule has 0 aliphatic heterocycles. The third kappa shape index (κ3) is 3.26.